The van der Waals surface area contributed by atoms with E-state index in [1.54, 1.807) is 12.4 Å². The molecule has 122 valence electrons. The molecule has 3 heterocycles. The van der Waals surface area contributed by atoms with Crippen LogP contribution in [0.1, 0.15) is 66.2 Å². The van der Waals surface area contributed by atoms with Gasteiger partial charge in [0.2, 0.25) is 0 Å². The predicted molar refractivity (Wildman–Crippen MR) is 87.3 cm³/mol. The fourth-order valence-corrected chi connectivity index (χ4v) is 3.03. The number of imidazole rings is 1. The number of amides is 1. The van der Waals surface area contributed by atoms with Crippen LogP contribution in [0.2, 0.25) is 0 Å². The molecule has 23 heavy (non-hydrogen) atoms. The number of rotatable bonds is 3. The minimum atomic E-state index is 0.0223. The lowest BCUT2D eigenvalue weighted by Crippen LogP contribution is -2.39. The molecule has 1 atom stereocenters. The van der Waals surface area contributed by atoms with E-state index < -0.39 is 0 Å². The number of hydrogen-bond acceptors (Lipinski definition) is 4. The summed E-state index contributed by atoms with van der Waals surface area (Å²) in [6, 6.07) is 0. The van der Waals surface area contributed by atoms with Crippen LogP contribution in [-0.4, -0.2) is 43.8 Å². The normalized spacial score (nSPS) is 18.4. The van der Waals surface area contributed by atoms with Gasteiger partial charge in [-0.1, -0.05) is 13.8 Å². The number of aryl methyl sites for hydroxylation is 1. The Hall–Kier alpha value is -2.24. The molecule has 1 aliphatic rings. The standard InChI is InChI=1S/C17H23N5O/c1-11(2)15-20-9-14(12(3)21-15)17(23)22-8-4-5-13(10-22)16-18-6-7-19-16/h6-7,9,11,13H,4-5,8,10H2,1-3H3,(H,18,19)/t13-/m0/s1. The summed E-state index contributed by atoms with van der Waals surface area (Å²) in [6.07, 6.45) is 7.31. The molecule has 1 amide bonds. The van der Waals surface area contributed by atoms with Gasteiger partial charge in [0.15, 0.2) is 0 Å². The molecule has 1 fully saturated rings. The first kappa shape index (κ1) is 15.6. The highest BCUT2D eigenvalue weighted by molar-refractivity contribution is 5.95. The van der Waals surface area contributed by atoms with Crippen LogP contribution in [0.15, 0.2) is 18.6 Å². The fourth-order valence-electron chi connectivity index (χ4n) is 3.03. The van der Waals surface area contributed by atoms with Crippen molar-refractivity contribution >= 4 is 5.91 Å². The fraction of sp³-hybridized carbons (Fsp3) is 0.529. The van der Waals surface area contributed by atoms with Crippen molar-refractivity contribution in [1.29, 1.82) is 0 Å². The molecule has 0 saturated carbocycles. The zero-order valence-corrected chi connectivity index (χ0v) is 13.9. The highest BCUT2D eigenvalue weighted by Gasteiger charge is 2.28. The molecule has 1 N–H and O–H groups in total. The van der Waals surface area contributed by atoms with E-state index in [1.165, 1.54) is 0 Å². The minimum absolute atomic E-state index is 0.0223. The van der Waals surface area contributed by atoms with Crippen LogP contribution >= 0.6 is 0 Å². The van der Waals surface area contributed by atoms with E-state index in [1.807, 2.05) is 18.0 Å². The van der Waals surface area contributed by atoms with Crippen molar-refractivity contribution in [3.05, 3.63) is 41.5 Å². The summed E-state index contributed by atoms with van der Waals surface area (Å²) in [5, 5.41) is 0. The molecular formula is C17H23N5O. The molecule has 1 saturated heterocycles. The van der Waals surface area contributed by atoms with Gasteiger partial charge < -0.3 is 9.88 Å². The van der Waals surface area contributed by atoms with E-state index in [0.29, 0.717) is 12.1 Å². The summed E-state index contributed by atoms with van der Waals surface area (Å²) in [4.78, 5) is 31.1. The van der Waals surface area contributed by atoms with E-state index in [0.717, 1.165) is 36.7 Å². The summed E-state index contributed by atoms with van der Waals surface area (Å²) in [5.41, 5.74) is 1.36. The Labute approximate surface area is 136 Å². The van der Waals surface area contributed by atoms with Crippen molar-refractivity contribution in [2.24, 2.45) is 0 Å². The third-order valence-corrected chi connectivity index (χ3v) is 4.36. The van der Waals surface area contributed by atoms with Gasteiger partial charge in [-0.3, -0.25) is 4.79 Å². The Morgan fingerprint density at radius 3 is 2.87 bits per heavy atom. The first-order valence-corrected chi connectivity index (χ1v) is 8.18. The molecule has 0 aromatic carbocycles. The molecule has 0 radical (unpaired) electrons. The molecule has 1 aliphatic heterocycles. The summed E-state index contributed by atoms with van der Waals surface area (Å²) in [5.74, 6) is 2.31. The molecule has 0 bridgehead atoms. The van der Waals surface area contributed by atoms with E-state index in [4.69, 9.17) is 0 Å². The van der Waals surface area contributed by atoms with Crippen LogP contribution in [-0.2, 0) is 0 Å². The van der Waals surface area contributed by atoms with Crippen molar-refractivity contribution in [1.82, 2.24) is 24.8 Å². The second-order valence-electron chi connectivity index (χ2n) is 6.45. The Balaban J connectivity index is 1.77. The lowest BCUT2D eigenvalue weighted by atomic mass is 9.96. The molecule has 0 aliphatic carbocycles. The third-order valence-electron chi connectivity index (χ3n) is 4.36. The monoisotopic (exact) mass is 313 g/mol. The second kappa shape index (κ2) is 6.48. The molecule has 0 spiro atoms. The zero-order chi connectivity index (χ0) is 16.4. The summed E-state index contributed by atoms with van der Waals surface area (Å²) in [7, 11) is 0. The maximum Gasteiger partial charge on any atom is 0.257 e. The largest absolute Gasteiger partial charge is 0.348 e. The third kappa shape index (κ3) is 3.25. The summed E-state index contributed by atoms with van der Waals surface area (Å²) < 4.78 is 0. The van der Waals surface area contributed by atoms with Gasteiger partial charge in [-0.2, -0.15) is 0 Å². The molecule has 6 nitrogen and oxygen atoms in total. The Morgan fingerprint density at radius 1 is 1.39 bits per heavy atom. The number of hydrogen-bond donors (Lipinski definition) is 1. The quantitative estimate of drug-likeness (QED) is 0.945. The molecule has 6 heteroatoms. The number of nitrogens with one attached hydrogen (secondary N) is 1. The van der Waals surface area contributed by atoms with Gasteiger partial charge in [0.1, 0.15) is 11.6 Å². The predicted octanol–water partition coefficient (Wildman–Crippen LogP) is 2.65. The van der Waals surface area contributed by atoms with Gasteiger partial charge in [-0.15, -0.1) is 0 Å². The molecule has 3 rings (SSSR count). The molecule has 2 aromatic rings. The molecule has 2 aromatic heterocycles. The van der Waals surface area contributed by atoms with Crippen LogP contribution in [0, 0.1) is 6.92 Å². The topological polar surface area (TPSA) is 74.8 Å². The van der Waals surface area contributed by atoms with Crippen molar-refractivity contribution in [2.45, 2.75) is 45.4 Å². The van der Waals surface area contributed by atoms with Crippen LogP contribution in [0.3, 0.4) is 0 Å². The highest BCUT2D eigenvalue weighted by Crippen LogP contribution is 2.25. The maximum absolute atomic E-state index is 12.8. The second-order valence-corrected chi connectivity index (χ2v) is 6.45. The number of likely N-dealkylation sites (tertiary alicyclic amines) is 1. The van der Waals surface area contributed by atoms with Crippen LogP contribution in [0.5, 0.6) is 0 Å². The summed E-state index contributed by atoms with van der Waals surface area (Å²) in [6.45, 7) is 7.46. The van der Waals surface area contributed by atoms with Gasteiger partial charge in [0.25, 0.3) is 5.91 Å². The van der Waals surface area contributed by atoms with Crippen molar-refractivity contribution in [3.63, 3.8) is 0 Å². The van der Waals surface area contributed by atoms with Gasteiger partial charge >= 0.3 is 0 Å². The first-order chi connectivity index (χ1) is 11.1. The van der Waals surface area contributed by atoms with Gasteiger partial charge in [-0.25, -0.2) is 15.0 Å². The van der Waals surface area contributed by atoms with Gasteiger partial charge in [-0.05, 0) is 19.8 Å². The van der Waals surface area contributed by atoms with E-state index >= 15 is 0 Å². The smallest absolute Gasteiger partial charge is 0.257 e. The van der Waals surface area contributed by atoms with E-state index in [-0.39, 0.29) is 17.7 Å². The minimum Gasteiger partial charge on any atom is -0.348 e. The maximum atomic E-state index is 12.8. The first-order valence-electron chi connectivity index (χ1n) is 8.18. The van der Waals surface area contributed by atoms with Crippen LogP contribution in [0.25, 0.3) is 0 Å². The lowest BCUT2D eigenvalue weighted by molar-refractivity contribution is 0.0703. The lowest BCUT2D eigenvalue weighted by Gasteiger charge is -2.32. The number of carbonyl (C=O) groups is 1. The van der Waals surface area contributed by atoms with Crippen LogP contribution < -0.4 is 0 Å². The van der Waals surface area contributed by atoms with Crippen molar-refractivity contribution in [2.75, 3.05) is 13.1 Å². The van der Waals surface area contributed by atoms with E-state index in [2.05, 4.69) is 33.8 Å². The van der Waals surface area contributed by atoms with Gasteiger partial charge in [0, 0.05) is 43.5 Å². The number of aromatic nitrogens is 4. The van der Waals surface area contributed by atoms with Crippen molar-refractivity contribution < 1.29 is 4.79 Å². The average molecular weight is 313 g/mol. The SMILES string of the molecule is Cc1nc(C(C)C)ncc1C(=O)N1CCC[C@H](c2ncc[nH]2)C1. The Kier molecular flexibility index (Phi) is 4.41. The number of carbonyl (C=O) groups excluding carboxylic acids is 1. The summed E-state index contributed by atoms with van der Waals surface area (Å²) >= 11 is 0. The Morgan fingerprint density at radius 2 is 2.22 bits per heavy atom. The number of nitrogens with zero attached hydrogens (tertiary/aromatic N) is 4. The highest BCUT2D eigenvalue weighted by atomic mass is 16.2. The van der Waals surface area contributed by atoms with E-state index in [9.17, 15) is 4.79 Å². The van der Waals surface area contributed by atoms with Gasteiger partial charge in [0.05, 0.1) is 11.3 Å². The molecular weight excluding hydrogens is 290 g/mol. The van der Waals surface area contributed by atoms with Crippen LogP contribution in [0.4, 0.5) is 0 Å². The number of piperidine rings is 1. The number of aromatic amines is 1. The zero-order valence-electron chi connectivity index (χ0n) is 13.9. The average Bonchev–Trinajstić information content (AvgIpc) is 3.08. The molecule has 0 unspecified atom stereocenters. The number of H-pyrrole nitrogens is 1. The van der Waals surface area contributed by atoms with Crippen molar-refractivity contribution in [3.8, 4) is 0 Å². The Bertz CT molecular complexity index is 680.